The number of carbonyl (C=O) groups excluding carboxylic acids is 1. The fraction of sp³-hybridized carbons (Fsp3) is 0.200. The minimum absolute atomic E-state index is 0.205. The fourth-order valence-corrected chi connectivity index (χ4v) is 1.59. The molecule has 1 aliphatic heterocycles. The Morgan fingerprint density at radius 3 is 2.50 bits per heavy atom. The quantitative estimate of drug-likeness (QED) is 0.720. The second-order valence-electron chi connectivity index (χ2n) is 3.24. The zero-order valence-electron chi connectivity index (χ0n) is 7.84. The number of aliphatic imine (C=N–C) groups is 1. The summed E-state index contributed by atoms with van der Waals surface area (Å²) in [4.78, 5) is 16.5. The van der Waals surface area contributed by atoms with E-state index in [0.29, 0.717) is 5.84 Å². The van der Waals surface area contributed by atoms with Crippen LogP contribution in [0.25, 0.3) is 0 Å². The molecule has 0 fully saturated rings. The third-order valence-electron chi connectivity index (χ3n) is 2.31. The minimum atomic E-state index is -0.281. The minimum Gasteiger partial charge on any atom is -0.385 e. The van der Waals surface area contributed by atoms with Crippen LogP contribution in [-0.2, 0) is 0 Å². The van der Waals surface area contributed by atoms with Crippen LogP contribution < -0.4 is 5.73 Å². The first-order valence-corrected chi connectivity index (χ1v) is 4.36. The molecule has 2 N–H and O–H groups in total. The number of hydrogen-bond donors (Lipinski definition) is 1. The summed E-state index contributed by atoms with van der Waals surface area (Å²) in [7, 11) is 1.70. The van der Waals surface area contributed by atoms with Gasteiger partial charge in [-0.1, -0.05) is 30.3 Å². The Hall–Kier alpha value is -1.84. The molecule has 1 unspecified atom stereocenters. The highest BCUT2D eigenvalue weighted by Crippen LogP contribution is 2.24. The van der Waals surface area contributed by atoms with E-state index in [1.54, 1.807) is 7.05 Å². The molecular formula is C10H11N3O. The Labute approximate surface area is 82.0 Å². The lowest BCUT2D eigenvalue weighted by atomic mass is 10.1. The molecule has 72 valence electrons. The molecule has 2 amide bonds. The number of amides is 2. The van der Waals surface area contributed by atoms with Crippen molar-refractivity contribution < 1.29 is 4.79 Å². The lowest BCUT2D eigenvalue weighted by molar-refractivity contribution is 0.218. The van der Waals surface area contributed by atoms with E-state index < -0.39 is 0 Å². The molecule has 1 aromatic rings. The molecule has 2 rings (SSSR count). The van der Waals surface area contributed by atoms with Gasteiger partial charge in [0.15, 0.2) is 0 Å². The molecular weight excluding hydrogens is 178 g/mol. The summed E-state index contributed by atoms with van der Waals surface area (Å²) < 4.78 is 0. The van der Waals surface area contributed by atoms with Crippen LogP contribution in [0.15, 0.2) is 35.3 Å². The van der Waals surface area contributed by atoms with Gasteiger partial charge in [0.1, 0.15) is 11.9 Å². The Kier molecular flexibility index (Phi) is 1.96. The first-order valence-electron chi connectivity index (χ1n) is 4.36. The molecule has 0 aromatic heterocycles. The number of nitrogens with two attached hydrogens (primary N) is 1. The number of likely N-dealkylation sites (N-methyl/N-ethyl adjacent to an activating group) is 1. The number of rotatable bonds is 1. The molecule has 1 heterocycles. The maximum atomic E-state index is 11.2. The van der Waals surface area contributed by atoms with E-state index in [4.69, 9.17) is 5.73 Å². The summed E-state index contributed by atoms with van der Waals surface area (Å²) in [5, 5.41) is 0. The maximum Gasteiger partial charge on any atom is 0.345 e. The van der Waals surface area contributed by atoms with Crippen molar-refractivity contribution in [2.24, 2.45) is 10.7 Å². The van der Waals surface area contributed by atoms with Gasteiger partial charge in [-0.05, 0) is 5.56 Å². The van der Waals surface area contributed by atoms with Crippen molar-refractivity contribution in [2.45, 2.75) is 6.04 Å². The Balaban J connectivity index is 2.37. The zero-order valence-corrected chi connectivity index (χ0v) is 7.84. The molecule has 0 spiro atoms. The highest BCUT2D eigenvalue weighted by Gasteiger charge is 2.31. The first kappa shape index (κ1) is 8.74. The van der Waals surface area contributed by atoms with Crippen LogP contribution >= 0.6 is 0 Å². The van der Waals surface area contributed by atoms with Gasteiger partial charge in [0.05, 0.1) is 0 Å². The van der Waals surface area contributed by atoms with Crippen LogP contribution in [0.2, 0.25) is 0 Å². The molecule has 0 bridgehead atoms. The molecule has 1 atom stereocenters. The molecule has 14 heavy (non-hydrogen) atoms. The van der Waals surface area contributed by atoms with Crippen LogP contribution in [0.4, 0.5) is 4.79 Å². The van der Waals surface area contributed by atoms with Crippen molar-refractivity contribution in [1.82, 2.24) is 4.90 Å². The van der Waals surface area contributed by atoms with Crippen LogP contribution in [-0.4, -0.2) is 23.8 Å². The largest absolute Gasteiger partial charge is 0.385 e. The summed E-state index contributed by atoms with van der Waals surface area (Å²) in [5.74, 6) is 0.365. The average Bonchev–Trinajstić information content (AvgIpc) is 2.43. The van der Waals surface area contributed by atoms with Gasteiger partial charge in [-0.3, -0.25) is 0 Å². The summed E-state index contributed by atoms with van der Waals surface area (Å²) in [6.07, 6.45) is 0. The molecule has 1 aromatic carbocycles. The van der Waals surface area contributed by atoms with Gasteiger partial charge in [0.2, 0.25) is 0 Å². The topological polar surface area (TPSA) is 58.7 Å². The summed E-state index contributed by atoms with van der Waals surface area (Å²) >= 11 is 0. The highest BCUT2D eigenvalue weighted by atomic mass is 16.2. The molecule has 1 aliphatic rings. The van der Waals surface area contributed by atoms with Crippen LogP contribution in [0.1, 0.15) is 11.6 Å². The van der Waals surface area contributed by atoms with Crippen LogP contribution in [0.3, 0.4) is 0 Å². The van der Waals surface area contributed by atoms with Crippen LogP contribution in [0, 0.1) is 0 Å². The van der Waals surface area contributed by atoms with E-state index in [0.717, 1.165) is 5.56 Å². The summed E-state index contributed by atoms with van der Waals surface area (Å²) in [6.45, 7) is 0. The van der Waals surface area contributed by atoms with E-state index >= 15 is 0 Å². The predicted octanol–water partition coefficient (Wildman–Crippen LogP) is 1.15. The summed E-state index contributed by atoms with van der Waals surface area (Å²) in [6, 6.07) is 9.14. The lowest BCUT2D eigenvalue weighted by Gasteiger charge is -2.19. The van der Waals surface area contributed by atoms with E-state index in [9.17, 15) is 4.79 Å². The first-order chi connectivity index (χ1) is 6.70. The third kappa shape index (κ3) is 1.25. The van der Waals surface area contributed by atoms with Crippen molar-refractivity contribution in [3.05, 3.63) is 35.9 Å². The number of benzene rings is 1. The number of nitrogens with zero attached hydrogens (tertiary/aromatic N) is 2. The van der Waals surface area contributed by atoms with Gasteiger partial charge >= 0.3 is 6.03 Å². The number of carbonyl (C=O) groups is 1. The molecule has 0 saturated heterocycles. The Morgan fingerprint density at radius 1 is 1.36 bits per heavy atom. The Bertz CT molecular complexity index is 386. The molecule has 0 radical (unpaired) electrons. The molecule has 4 nitrogen and oxygen atoms in total. The Morgan fingerprint density at radius 2 is 2.00 bits per heavy atom. The van der Waals surface area contributed by atoms with E-state index in [1.807, 2.05) is 30.3 Å². The van der Waals surface area contributed by atoms with E-state index in [-0.39, 0.29) is 12.1 Å². The van der Waals surface area contributed by atoms with Crippen molar-refractivity contribution >= 4 is 11.9 Å². The van der Waals surface area contributed by atoms with Crippen molar-refractivity contribution in [3.63, 3.8) is 0 Å². The van der Waals surface area contributed by atoms with Gasteiger partial charge in [0, 0.05) is 7.05 Å². The number of urea groups is 1. The molecule has 0 aliphatic carbocycles. The standard InChI is InChI=1S/C10H11N3O/c1-13-8(9(11)12-10(13)14)7-5-3-2-4-6-7/h2-6,8H,1H3,(H2,11,12,14). The summed E-state index contributed by atoms with van der Waals surface area (Å²) in [5.41, 5.74) is 6.67. The number of amidine groups is 1. The fourth-order valence-electron chi connectivity index (χ4n) is 1.59. The van der Waals surface area contributed by atoms with Crippen LogP contribution in [0.5, 0.6) is 0 Å². The SMILES string of the molecule is CN1C(=O)N=C(N)C1c1ccccc1. The average molecular weight is 189 g/mol. The number of hydrogen-bond acceptors (Lipinski definition) is 2. The van der Waals surface area contributed by atoms with Gasteiger partial charge in [-0.2, -0.15) is 4.99 Å². The normalized spacial score (nSPS) is 21.2. The maximum absolute atomic E-state index is 11.2. The molecule has 4 heteroatoms. The van der Waals surface area contributed by atoms with E-state index in [2.05, 4.69) is 4.99 Å². The van der Waals surface area contributed by atoms with Gasteiger partial charge in [-0.15, -0.1) is 0 Å². The van der Waals surface area contributed by atoms with Crippen molar-refractivity contribution in [2.75, 3.05) is 7.05 Å². The van der Waals surface area contributed by atoms with Gasteiger partial charge in [0.25, 0.3) is 0 Å². The smallest absolute Gasteiger partial charge is 0.345 e. The lowest BCUT2D eigenvalue weighted by Crippen LogP contribution is -2.29. The second-order valence-corrected chi connectivity index (χ2v) is 3.24. The third-order valence-corrected chi connectivity index (χ3v) is 2.31. The monoisotopic (exact) mass is 189 g/mol. The second kappa shape index (κ2) is 3.14. The van der Waals surface area contributed by atoms with Gasteiger partial charge < -0.3 is 10.6 Å². The van der Waals surface area contributed by atoms with Crippen molar-refractivity contribution in [1.29, 1.82) is 0 Å². The highest BCUT2D eigenvalue weighted by molar-refractivity contribution is 6.03. The van der Waals surface area contributed by atoms with Crippen molar-refractivity contribution in [3.8, 4) is 0 Å². The zero-order chi connectivity index (χ0) is 10.1. The predicted molar refractivity (Wildman–Crippen MR) is 54.0 cm³/mol. The van der Waals surface area contributed by atoms with E-state index in [1.165, 1.54) is 4.90 Å². The molecule has 0 saturated carbocycles. The van der Waals surface area contributed by atoms with Gasteiger partial charge in [-0.25, -0.2) is 4.79 Å².